The highest BCUT2D eigenvalue weighted by Crippen LogP contribution is 2.30. The first-order chi connectivity index (χ1) is 9.04. The van der Waals surface area contributed by atoms with Crippen LogP contribution in [0.5, 0.6) is 0 Å². The van der Waals surface area contributed by atoms with Crippen LogP contribution in [0.15, 0.2) is 16.7 Å². The molecule has 1 aromatic heterocycles. The molecule has 1 N–H and O–H groups in total. The van der Waals surface area contributed by atoms with Gasteiger partial charge in [0, 0.05) is 12.6 Å². The van der Waals surface area contributed by atoms with Gasteiger partial charge in [0.1, 0.15) is 11.4 Å². The van der Waals surface area contributed by atoms with Crippen molar-refractivity contribution in [2.45, 2.75) is 6.92 Å². The third kappa shape index (κ3) is 2.34. The van der Waals surface area contributed by atoms with Gasteiger partial charge in [0.2, 0.25) is 11.6 Å². The third-order valence-corrected chi connectivity index (χ3v) is 2.25. The van der Waals surface area contributed by atoms with Gasteiger partial charge in [-0.15, -0.1) is 0 Å². The molecule has 0 atom stereocenters. The van der Waals surface area contributed by atoms with Gasteiger partial charge in [-0.25, -0.2) is 4.39 Å². The molecule has 2 aromatic rings. The van der Waals surface area contributed by atoms with Gasteiger partial charge in [0.15, 0.2) is 0 Å². The third-order valence-electron chi connectivity index (χ3n) is 2.25. The van der Waals surface area contributed by atoms with Crippen LogP contribution in [-0.4, -0.2) is 21.6 Å². The van der Waals surface area contributed by atoms with E-state index in [1.807, 2.05) is 0 Å². The molecule has 9 heteroatoms. The van der Waals surface area contributed by atoms with Crippen molar-refractivity contribution in [1.29, 1.82) is 0 Å². The van der Waals surface area contributed by atoms with Gasteiger partial charge < -0.3 is 9.84 Å². The summed E-state index contributed by atoms with van der Waals surface area (Å²) in [6.45, 7) is 2.24. The first kappa shape index (κ1) is 12.9. The van der Waals surface area contributed by atoms with Gasteiger partial charge in [0.05, 0.1) is 4.92 Å². The molecule has 0 fully saturated rings. The normalized spacial score (nSPS) is 10.5. The molecule has 0 saturated carbocycles. The first-order valence-corrected chi connectivity index (χ1v) is 5.25. The largest absolute Gasteiger partial charge is 0.338 e. The fourth-order valence-electron chi connectivity index (χ4n) is 1.44. The molecule has 0 aliphatic rings. The van der Waals surface area contributed by atoms with Gasteiger partial charge in [-0.1, -0.05) is 5.16 Å². The molecule has 2 rings (SSSR count). The molecule has 100 valence electrons. The maximum atomic E-state index is 13.8. The quantitative estimate of drug-likeness (QED) is 0.677. The molecule has 1 aromatic carbocycles. The lowest BCUT2D eigenvalue weighted by atomic mass is 10.1. The van der Waals surface area contributed by atoms with E-state index in [-0.39, 0.29) is 6.01 Å². The topological polar surface area (TPSA) is 94.1 Å². The molecule has 0 unspecified atom stereocenters. The molecule has 7 nitrogen and oxygen atoms in total. The number of anilines is 1. The second-order valence-corrected chi connectivity index (χ2v) is 3.47. The Balaban J connectivity index is 2.53. The van der Waals surface area contributed by atoms with Gasteiger partial charge >= 0.3 is 11.7 Å². The predicted octanol–water partition coefficient (Wildman–Crippen LogP) is 2.35. The Hall–Kier alpha value is -2.58. The Morgan fingerprint density at radius 2 is 2.21 bits per heavy atom. The fourth-order valence-corrected chi connectivity index (χ4v) is 1.44. The number of hydrogen-bond acceptors (Lipinski definition) is 6. The molecule has 19 heavy (non-hydrogen) atoms. The van der Waals surface area contributed by atoms with Crippen molar-refractivity contribution in [3.63, 3.8) is 0 Å². The highest BCUT2D eigenvalue weighted by atomic mass is 19.1. The number of aromatic nitrogens is 2. The van der Waals surface area contributed by atoms with Crippen molar-refractivity contribution in [3.05, 3.63) is 33.9 Å². The maximum absolute atomic E-state index is 13.8. The van der Waals surface area contributed by atoms with E-state index >= 15 is 0 Å². The zero-order valence-corrected chi connectivity index (χ0v) is 9.68. The number of nitrogens with one attached hydrogen (secondary N) is 1. The van der Waals surface area contributed by atoms with Gasteiger partial charge in [-0.05, 0) is 13.0 Å². The number of halogens is 2. The van der Waals surface area contributed by atoms with Gasteiger partial charge in [0.25, 0.3) is 0 Å². The Bertz CT molecular complexity index is 629. The van der Waals surface area contributed by atoms with E-state index in [4.69, 9.17) is 4.52 Å². The highest BCUT2D eigenvalue weighted by molar-refractivity contribution is 5.61. The summed E-state index contributed by atoms with van der Waals surface area (Å²) in [5, 5.41) is 16.6. The Labute approximate surface area is 105 Å². The smallest absolute Gasteiger partial charge is 0.321 e. The monoisotopic (exact) mass is 270 g/mol. The van der Waals surface area contributed by atoms with Gasteiger partial charge in [-0.2, -0.15) is 9.37 Å². The van der Waals surface area contributed by atoms with E-state index in [9.17, 15) is 18.9 Å². The molecule has 0 aliphatic heterocycles. The van der Waals surface area contributed by atoms with Crippen molar-refractivity contribution in [2.24, 2.45) is 0 Å². The lowest BCUT2D eigenvalue weighted by Crippen LogP contribution is -1.99. The van der Waals surface area contributed by atoms with Crippen LogP contribution in [0.3, 0.4) is 0 Å². The molecule has 0 spiro atoms. The Morgan fingerprint density at radius 1 is 1.47 bits per heavy atom. The number of nitro groups is 1. The molecule has 0 radical (unpaired) electrons. The minimum atomic E-state index is -1.34. The zero-order valence-electron chi connectivity index (χ0n) is 9.68. The van der Waals surface area contributed by atoms with E-state index in [0.29, 0.717) is 6.54 Å². The first-order valence-electron chi connectivity index (χ1n) is 5.25. The van der Waals surface area contributed by atoms with Gasteiger partial charge in [-0.3, -0.25) is 10.1 Å². The lowest BCUT2D eigenvalue weighted by molar-refractivity contribution is -0.387. The highest BCUT2D eigenvalue weighted by Gasteiger charge is 2.25. The summed E-state index contributed by atoms with van der Waals surface area (Å²) in [5.41, 5.74) is -1.55. The van der Waals surface area contributed by atoms with Crippen molar-refractivity contribution in [3.8, 4) is 11.4 Å². The molecule has 0 aliphatic carbocycles. The van der Waals surface area contributed by atoms with E-state index in [1.54, 1.807) is 6.92 Å². The van der Waals surface area contributed by atoms with E-state index in [2.05, 4.69) is 15.5 Å². The van der Waals surface area contributed by atoms with Crippen molar-refractivity contribution < 1.29 is 18.2 Å². The standard InChI is InChI=1S/C10H8F2N4O3/c1-2-13-10-14-9(15-19-10)7-5(11)3-4-6(8(7)12)16(17)18/h3-4H,2H2,1H3,(H,13,14,15). The number of rotatable bonds is 4. The lowest BCUT2D eigenvalue weighted by Gasteiger charge is -2.00. The average Bonchev–Trinajstić information content (AvgIpc) is 2.77. The molecule has 1 heterocycles. The SMILES string of the molecule is CCNc1nc(-c2c(F)ccc([N+](=O)[O-])c2F)no1. The summed E-state index contributed by atoms with van der Waals surface area (Å²) >= 11 is 0. The number of nitro benzene ring substituents is 1. The summed E-state index contributed by atoms with van der Waals surface area (Å²) in [7, 11) is 0. The van der Waals surface area contributed by atoms with E-state index in [0.717, 1.165) is 12.1 Å². The van der Waals surface area contributed by atoms with Crippen LogP contribution in [0.2, 0.25) is 0 Å². The number of hydrogen-bond donors (Lipinski definition) is 1. The van der Waals surface area contributed by atoms with Crippen LogP contribution >= 0.6 is 0 Å². The molecular weight excluding hydrogens is 262 g/mol. The average molecular weight is 270 g/mol. The minimum Gasteiger partial charge on any atom is -0.338 e. The van der Waals surface area contributed by atoms with Crippen molar-refractivity contribution in [1.82, 2.24) is 10.1 Å². The molecule has 0 saturated heterocycles. The molecule has 0 bridgehead atoms. The van der Waals surface area contributed by atoms with Crippen LogP contribution in [0.25, 0.3) is 11.4 Å². The van der Waals surface area contributed by atoms with Crippen LogP contribution in [0.4, 0.5) is 20.5 Å². The summed E-state index contributed by atoms with van der Waals surface area (Å²) in [5.74, 6) is -2.74. The number of benzene rings is 1. The number of nitrogens with zero attached hydrogens (tertiary/aromatic N) is 3. The molecule has 0 amide bonds. The second-order valence-electron chi connectivity index (χ2n) is 3.47. The van der Waals surface area contributed by atoms with Crippen LogP contribution in [0.1, 0.15) is 6.92 Å². The predicted molar refractivity (Wildman–Crippen MR) is 60.5 cm³/mol. The summed E-state index contributed by atoms with van der Waals surface area (Å²) in [4.78, 5) is 13.3. The van der Waals surface area contributed by atoms with Crippen LogP contribution in [0, 0.1) is 21.7 Å². The van der Waals surface area contributed by atoms with Crippen LogP contribution in [-0.2, 0) is 0 Å². The van der Waals surface area contributed by atoms with Crippen molar-refractivity contribution in [2.75, 3.05) is 11.9 Å². The zero-order chi connectivity index (χ0) is 14.0. The Kier molecular flexibility index (Phi) is 3.36. The maximum Gasteiger partial charge on any atom is 0.321 e. The molecular formula is C10H8F2N4O3. The summed E-state index contributed by atoms with van der Waals surface area (Å²) < 4.78 is 32.1. The summed E-state index contributed by atoms with van der Waals surface area (Å²) in [6.07, 6.45) is 0. The Morgan fingerprint density at radius 3 is 2.84 bits per heavy atom. The second kappa shape index (κ2) is 4.96. The minimum absolute atomic E-state index is 0.0252. The fraction of sp³-hybridized carbons (Fsp3) is 0.200. The van der Waals surface area contributed by atoms with Crippen LogP contribution < -0.4 is 5.32 Å². The van der Waals surface area contributed by atoms with Crippen molar-refractivity contribution >= 4 is 11.7 Å². The van der Waals surface area contributed by atoms with E-state index < -0.39 is 33.6 Å². The summed E-state index contributed by atoms with van der Waals surface area (Å²) in [6, 6.07) is 1.49. The van der Waals surface area contributed by atoms with E-state index in [1.165, 1.54) is 0 Å².